The fourth-order valence-electron chi connectivity index (χ4n) is 5.51. The first-order chi connectivity index (χ1) is 20.0. The highest BCUT2D eigenvalue weighted by Crippen LogP contribution is 2.29. The first-order valence-corrected chi connectivity index (χ1v) is 16.7. The smallest absolute Gasteiger partial charge is 0.244 e. The molecule has 0 aliphatic heterocycles. The van der Waals surface area contributed by atoms with Crippen LogP contribution < -0.4 is 9.62 Å². The van der Waals surface area contributed by atoms with Crippen LogP contribution in [0.2, 0.25) is 5.02 Å². The fourth-order valence-corrected chi connectivity index (χ4v) is 6.50. The number of benzene rings is 3. The summed E-state index contributed by atoms with van der Waals surface area (Å²) in [6.07, 6.45) is 5.32. The zero-order chi connectivity index (χ0) is 30.3. The quantitative estimate of drug-likeness (QED) is 0.276. The molecule has 3 aromatic rings. The molecular weight excluding hydrogens is 570 g/mol. The Morgan fingerprint density at radius 1 is 0.905 bits per heavy atom. The van der Waals surface area contributed by atoms with Crippen LogP contribution in [0.5, 0.6) is 0 Å². The summed E-state index contributed by atoms with van der Waals surface area (Å²) < 4.78 is 27.5. The molecule has 7 nitrogen and oxygen atoms in total. The van der Waals surface area contributed by atoms with Crippen molar-refractivity contribution in [2.75, 3.05) is 17.1 Å². The van der Waals surface area contributed by atoms with Gasteiger partial charge >= 0.3 is 0 Å². The molecule has 0 aromatic heterocycles. The number of rotatable bonds is 12. The molecule has 0 spiro atoms. The highest BCUT2D eigenvalue weighted by Gasteiger charge is 2.34. The Bertz CT molecular complexity index is 1460. The Labute approximate surface area is 254 Å². The number of amides is 2. The molecular formula is C33H40ClN3O4S. The molecule has 0 heterocycles. The molecule has 1 aliphatic carbocycles. The van der Waals surface area contributed by atoms with E-state index in [1.807, 2.05) is 68.4 Å². The molecule has 0 radical (unpaired) electrons. The average molecular weight is 610 g/mol. The van der Waals surface area contributed by atoms with E-state index < -0.39 is 28.5 Å². The second-order valence-electron chi connectivity index (χ2n) is 11.3. The average Bonchev–Trinajstić information content (AvgIpc) is 3.47. The maximum Gasteiger partial charge on any atom is 0.244 e. The van der Waals surface area contributed by atoms with Crippen molar-refractivity contribution >= 4 is 39.1 Å². The van der Waals surface area contributed by atoms with Gasteiger partial charge in [0.15, 0.2) is 0 Å². The Morgan fingerprint density at radius 3 is 2.14 bits per heavy atom. The van der Waals surface area contributed by atoms with Crippen molar-refractivity contribution in [1.82, 2.24) is 10.2 Å². The van der Waals surface area contributed by atoms with Gasteiger partial charge in [-0.25, -0.2) is 8.42 Å². The van der Waals surface area contributed by atoms with Gasteiger partial charge in [0.2, 0.25) is 21.8 Å². The highest BCUT2D eigenvalue weighted by atomic mass is 35.5. The van der Waals surface area contributed by atoms with Gasteiger partial charge in [0.25, 0.3) is 0 Å². The predicted molar refractivity (Wildman–Crippen MR) is 169 cm³/mol. The Morgan fingerprint density at radius 2 is 1.52 bits per heavy atom. The molecule has 1 aliphatic rings. The first-order valence-electron chi connectivity index (χ1n) is 14.5. The molecule has 1 atom stereocenters. The second kappa shape index (κ2) is 14.2. The Hall–Kier alpha value is -3.36. The van der Waals surface area contributed by atoms with Crippen molar-refractivity contribution in [3.63, 3.8) is 0 Å². The van der Waals surface area contributed by atoms with Crippen molar-refractivity contribution < 1.29 is 18.0 Å². The molecule has 224 valence electrons. The van der Waals surface area contributed by atoms with E-state index >= 15 is 0 Å². The summed E-state index contributed by atoms with van der Waals surface area (Å²) in [6.45, 7) is 3.65. The molecule has 0 unspecified atom stereocenters. The number of hydrogen-bond donors (Lipinski definition) is 1. The lowest BCUT2D eigenvalue weighted by Gasteiger charge is -2.34. The summed E-state index contributed by atoms with van der Waals surface area (Å²) >= 11 is 6.14. The molecule has 1 N–H and O–H groups in total. The lowest BCUT2D eigenvalue weighted by molar-refractivity contribution is -0.140. The number of hydrogen-bond acceptors (Lipinski definition) is 4. The van der Waals surface area contributed by atoms with Crippen molar-refractivity contribution in [1.29, 1.82) is 0 Å². The normalized spacial score (nSPS) is 14.5. The van der Waals surface area contributed by atoms with E-state index in [1.165, 1.54) is 4.90 Å². The van der Waals surface area contributed by atoms with Crippen molar-refractivity contribution in [3.8, 4) is 0 Å². The van der Waals surface area contributed by atoms with E-state index in [2.05, 4.69) is 5.32 Å². The van der Waals surface area contributed by atoms with E-state index in [4.69, 9.17) is 11.6 Å². The number of anilines is 1. The minimum absolute atomic E-state index is 0.0359. The summed E-state index contributed by atoms with van der Waals surface area (Å²) in [5, 5.41) is 3.74. The second-order valence-corrected chi connectivity index (χ2v) is 13.7. The SMILES string of the molecule is CC(C)c1ccccc1N(CC(=O)N(Cc1ccc(Cl)cc1)[C@H](Cc1ccccc1)C(=O)NC1CCCC1)S(C)(=O)=O. The number of nitrogens with zero attached hydrogens (tertiary/aromatic N) is 2. The van der Waals surface area contributed by atoms with E-state index in [0.29, 0.717) is 17.1 Å². The lowest BCUT2D eigenvalue weighted by Crippen LogP contribution is -2.54. The minimum Gasteiger partial charge on any atom is -0.352 e. The van der Waals surface area contributed by atoms with Crippen LogP contribution in [0.4, 0.5) is 5.69 Å². The Kier molecular flexibility index (Phi) is 10.7. The topological polar surface area (TPSA) is 86.8 Å². The maximum atomic E-state index is 14.3. The standard InChI is InChI=1S/C33H40ClN3O4S/c1-24(2)29-15-9-10-16-30(29)37(42(3,40)41)23-32(38)36(22-26-17-19-27(34)20-18-26)31(21-25-11-5-4-6-12-25)33(39)35-28-13-7-8-14-28/h4-6,9-12,15-20,24,28,31H,7-8,13-14,21-23H2,1-3H3,(H,35,39)/t31-/m1/s1. The summed E-state index contributed by atoms with van der Waals surface area (Å²) in [4.78, 5) is 29.8. The van der Waals surface area contributed by atoms with E-state index in [1.54, 1.807) is 24.3 Å². The minimum atomic E-state index is -3.84. The van der Waals surface area contributed by atoms with Crippen LogP contribution in [0.1, 0.15) is 62.1 Å². The molecule has 3 aromatic carbocycles. The zero-order valence-electron chi connectivity index (χ0n) is 24.5. The highest BCUT2D eigenvalue weighted by molar-refractivity contribution is 7.92. The Balaban J connectivity index is 1.75. The summed E-state index contributed by atoms with van der Waals surface area (Å²) in [7, 11) is -3.84. The molecule has 0 saturated heterocycles. The molecule has 42 heavy (non-hydrogen) atoms. The van der Waals surface area contributed by atoms with Crippen LogP contribution in [-0.4, -0.2) is 50.0 Å². The third kappa shape index (κ3) is 8.35. The fraction of sp³-hybridized carbons (Fsp3) is 0.394. The number of sulfonamides is 1. The van der Waals surface area contributed by atoms with E-state index in [9.17, 15) is 18.0 Å². The third-order valence-corrected chi connectivity index (χ3v) is 9.12. The van der Waals surface area contributed by atoms with Gasteiger partial charge in [0.1, 0.15) is 12.6 Å². The third-order valence-electron chi connectivity index (χ3n) is 7.75. The van der Waals surface area contributed by atoms with Crippen molar-refractivity contribution in [2.24, 2.45) is 0 Å². The van der Waals surface area contributed by atoms with Crippen LogP contribution in [0.3, 0.4) is 0 Å². The van der Waals surface area contributed by atoms with Gasteiger partial charge in [0, 0.05) is 24.0 Å². The molecule has 4 rings (SSSR count). The van der Waals surface area contributed by atoms with Crippen LogP contribution in [-0.2, 0) is 32.6 Å². The monoisotopic (exact) mass is 609 g/mol. The van der Waals surface area contributed by atoms with Crippen LogP contribution in [0, 0.1) is 0 Å². The summed E-state index contributed by atoms with van der Waals surface area (Å²) in [5.74, 6) is -0.660. The van der Waals surface area contributed by atoms with Crippen molar-refractivity contribution in [2.45, 2.75) is 70.5 Å². The number of para-hydroxylation sites is 1. The molecule has 0 bridgehead atoms. The van der Waals surface area contributed by atoms with Gasteiger partial charge in [-0.05, 0) is 53.6 Å². The number of carbonyl (C=O) groups excluding carboxylic acids is 2. The number of nitrogens with one attached hydrogen (secondary N) is 1. The van der Waals surface area contributed by atoms with Crippen LogP contribution in [0.15, 0.2) is 78.9 Å². The van der Waals surface area contributed by atoms with E-state index in [0.717, 1.165) is 52.9 Å². The van der Waals surface area contributed by atoms with Gasteiger partial charge in [-0.3, -0.25) is 13.9 Å². The van der Waals surface area contributed by atoms with Crippen LogP contribution in [0.25, 0.3) is 0 Å². The van der Waals surface area contributed by atoms with Gasteiger partial charge < -0.3 is 10.2 Å². The van der Waals surface area contributed by atoms with Gasteiger partial charge in [-0.2, -0.15) is 0 Å². The van der Waals surface area contributed by atoms with E-state index in [-0.39, 0.29) is 24.4 Å². The lowest BCUT2D eigenvalue weighted by atomic mass is 10.0. The van der Waals surface area contributed by atoms with Gasteiger partial charge in [0.05, 0.1) is 11.9 Å². The molecule has 1 saturated carbocycles. The largest absolute Gasteiger partial charge is 0.352 e. The summed E-state index contributed by atoms with van der Waals surface area (Å²) in [5.41, 5.74) is 2.97. The van der Waals surface area contributed by atoms with Crippen molar-refractivity contribution in [3.05, 3.63) is 101 Å². The number of halogens is 1. The summed E-state index contributed by atoms with van der Waals surface area (Å²) in [6, 6.07) is 23.1. The van der Waals surface area contributed by atoms with Gasteiger partial charge in [-0.15, -0.1) is 0 Å². The predicted octanol–water partition coefficient (Wildman–Crippen LogP) is 5.93. The van der Waals surface area contributed by atoms with Crippen LogP contribution >= 0.6 is 11.6 Å². The molecule has 1 fully saturated rings. The number of carbonyl (C=O) groups is 2. The zero-order valence-corrected chi connectivity index (χ0v) is 26.1. The molecule has 2 amide bonds. The molecule has 9 heteroatoms. The van der Waals surface area contributed by atoms with Gasteiger partial charge in [-0.1, -0.05) is 99.0 Å². The maximum absolute atomic E-state index is 14.3. The first kappa shape index (κ1) is 31.6.